The summed E-state index contributed by atoms with van der Waals surface area (Å²) in [4.78, 5) is 44.9. The molecule has 0 spiro atoms. The summed E-state index contributed by atoms with van der Waals surface area (Å²) in [5.74, 6) is -1.66. The number of anilines is 1. The van der Waals surface area contributed by atoms with Gasteiger partial charge in [-0.15, -0.1) is 0 Å². The molecule has 1 amide bonds. The first-order chi connectivity index (χ1) is 19.2. The number of carbonyl (C=O) groups is 3. The number of hydrogen-bond donors (Lipinski definition) is 1. The highest BCUT2D eigenvalue weighted by atomic mass is 35.5. The molecule has 202 valence electrons. The maximum Gasteiger partial charge on any atom is 0.301 e. The fourth-order valence-electron chi connectivity index (χ4n) is 4.63. The summed E-state index contributed by atoms with van der Waals surface area (Å²) < 4.78 is 5.91. The van der Waals surface area contributed by atoms with E-state index in [2.05, 4.69) is 4.98 Å². The number of benzene rings is 3. The molecule has 3 aromatic carbocycles. The molecule has 2 heterocycles. The normalized spacial score (nSPS) is 16.4. The SMILES string of the molecule is CC(=O)c1sc(N2C(=O)C(=O)C(=C(O)c3ccc(OCc4ccccc4C)cc3)C2c2cccc(Cl)c2)nc1C. The molecule has 0 bridgehead atoms. The van der Waals surface area contributed by atoms with Crippen LogP contribution in [0.15, 0.2) is 78.4 Å². The standard InChI is InChI=1S/C31H25ClN2O5S/c1-17-7-4-5-8-22(17)16-39-24-13-11-20(12-14-24)27(36)25-26(21-9-6-10-23(32)15-21)34(30(38)28(25)37)31-33-18(2)29(40-31)19(3)35/h4-15,26,36H,16H2,1-3H3. The average molecular weight is 573 g/mol. The van der Waals surface area contributed by atoms with Crippen LogP contribution >= 0.6 is 22.9 Å². The molecule has 40 heavy (non-hydrogen) atoms. The van der Waals surface area contributed by atoms with Crippen LogP contribution in [-0.4, -0.2) is 27.6 Å². The van der Waals surface area contributed by atoms with E-state index in [-0.39, 0.29) is 22.2 Å². The smallest absolute Gasteiger partial charge is 0.301 e. The van der Waals surface area contributed by atoms with Crippen molar-refractivity contribution in [1.82, 2.24) is 4.98 Å². The van der Waals surface area contributed by atoms with Crippen molar-refractivity contribution in [1.29, 1.82) is 0 Å². The Morgan fingerprint density at radius 2 is 1.77 bits per heavy atom. The van der Waals surface area contributed by atoms with E-state index in [9.17, 15) is 19.5 Å². The highest BCUT2D eigenvalue weighted by molar-refractivity contribution is 7.18. The fraction of sp³-hybridized carbons (Fsp3) is 0.161. The van der Waals surface area contributed by atoms with E-state index in [4.69, 9.17) is 16.3 Å². The van der Waals surface area contributed by atoms with Gasteiger partial charge in [0.1, 0.15) is 18.1 Å². The van der Waals surface area contributed by atoms with Crippen LogP contribution in [0.3, 0.4) is 0 Å². The summed E-state index contributed by atoms with van der Waals surface area (Å²) in [5, 5.41) is 12.0. The van der Waals surface area contributed by atoms with Crippen LogP contribution in [0.2, 0.25) is 5.02 Å². The monoisotopic (exact) mass is 572 g/mol. The first-order valence-corrected chi connectivity index (χ1v) is 13.7. The number of Topliss-reactive ketones (excluding diaryl/α,β-unsaturated/α-hetero) is 2. The number of hydrogen-bond acceptors (Lipinski definition) is 7. The first-order valence-electron chi connectivity index (χ1n) is 12.5. The van der Waals surface area contributed by atoms with E-state index >= 15 is 0 Å². The van der Waals surface area contributed by atoms with E-state index < -0.39 is 17.7 Å². The third-order valence-electron chi connectivity index (χ3n) is 6.70. The van der Waals surface area contributed by atoms with Crippen molar-refractivity contribution < 1.29 is 24.2 Å². The number of aliphatic hydroxyl groups excluding tert-OH is 1. The van der Waals surface area contributed by atoms with Gasteiger partial charge in [0, 0.05) is 17.5 Å². The van der Waals surface area contributed by atoms with Crippen LogP contribution in [0.4, 0.5) is 5.13 Å². The number of aliphatic hydroxyl groups is 1. The van der Waals surface area contributed by atoms with E-state index in [1.165, 1.54) is 11.8 Å². The predicted molar refractivity (Wildman–Crippen MR) is 155 cm³/mol. The maximum atomic E-state index is 13.4. The molecule has 1 fully saturated rings. The van der Waals surface area contributed by atoms with Crippen LogP contribution in [0.1, 0.15) is 50.6 Å². The zero-order valence-electron chi connectivity index (χ0n) is 22.0. The van der Waals surface area contributed by atoms with E-state index in [1.807, 2.05) is 31.2 Å². The lowest BCUT2D eigenvalue weighted by molar-refractivity contribution is -0.132. The number of carbonyl (C=O) groups excluding carboxylic acids is 3. The van der Waals surface area contributed by atoms with Gasteiger partial charge in [-0.3, -0.25) is 19.3 Å². The summed E-state index contributed by atoms with van der Waals surface area (Å²) in [5.41, 5.74) is 3.39. The number of halogens is 1. The summed E-state index contributed by atoms with van der Waals surface area (Å²) >= 11 is 7.30. The quantitative estimate of drug-likeness (QED) is 0.113. The second kappa shape index (κ2) is 11.1. The zero-order chi connectivity index (χ0) is 28.6. The Balaban J connectivity index is 1.54. The minimum atomic E-state index is -0.999. The number of ether oxygens (including phenoxy) is 1. The van der Waals surface area contributed by atoms with Crippen LogP contribution < -0.4 is 9.64 Å². The number of aromatic nitrogens is 1. The number of ketones is 2. The van der Waals surface area contributed by atoms with Gasteiger partial charge in [0.25, 0.3) is 5.78 Å². The lowest BCUT2D eigenvalue weighted by atomic mass is 9.95. The molecule has 9 heteroatoms. The number of aryl methyl sites for hydroxylation is 2. The van der Waals surface area contributed by atoms with Gasteiger partial charge in [-0.2, -0.15) is 0 Å². The van der Waals surface area contributed by atoms with Crippen molar-refractivity contribution in [2.75, 3.05) is 4.90 Å². The minimum Gasteiger partial charge on any atom is -0.507 e. The molecule has 0 saturated carbocycles. The Hall–Kier alpha value is -4.27. The van der Waals surface area contributed by atoms with Gasteiger partial charge < -0.3 is 9.84 Å². The fourth-order valence-corrected chi connectivity index (χ4v) is 5.82. The molecule has 1 aromatic heterocycles. The van der Waals surface area contributed by atoms with E-state index in [1.54, 1.807) is 55.5 Å². The van der Waals surface area contributed by atoms with Gasteiger partial charge in [-0.1, -0.05) is 59.3 Å². The molecule has 1 aliphatic rings. The van der Waals surface area contributed by atoms with Gasteiger partial charge in [0.15, 0.2) is 10.9 Å². The second-order valence-corrected chi connectivity index (χ2v) is 10.8. The summed E-state index contributed by atoms with van der Waals surface area (Å²) in [6.45, 7) is 5.48. The number of amides is 1. The Morgan fingerprint density at radius 1 is 1.05 bits per heavy atom. The summed E-state index contributed by atoms with van der Waals surface area (Å²) in [6.07, 6.45) is 0. The molecule has 1 atom stereocenters. The van der Waals surface area contributed by atoms with Crippen molar-refractivity contribution in [3.8, 4) is 5.75 Å². The van der Waals surface area contributed by atoms with Gasteiger partial charge in [0.05, 0.1) is 22.2 Å². The third-order valence-corrected chi connectivity index (χ3v) is 8.20. The highest BCUT2D eigenvalue weighted by Gasteiger charge is 2.48. The van der Waals surface area contributed by atoms with Gasteiger partial charge in [-0.05, 0) is 66.9 Å². The molecule has 0 radical (unpaired) electrons. The number of thiazole rings is 1. The molecule has 1 N–H and O–H groups in total. The Labute approximate surface area is 240 Å². The molecule has 1 aliphatic heterocycles. The molecule has 5 rings (SSSR count). The molecular weight excluding hydrogens is 548 g/mol. The second-order valence-electron chi connectivity index (χ2n) is 9.43. The third kappa shape index (κ3) is 5.15. The summed E-state index contributed by atoms with van der Waals surface area (Å²) in [7, 11) is 0. The van der Waals surface area contributed by atoms with E-state index in [0.29, 0.717) is 39.1 Å². The van der Waals surface area contributed by atoms with Crippen LogP contribution in [0.25, 0.3) is 5.76 Å². The Bertz CT molecular complexity index is 1680. The molecule has 0 aliphatic carbocycles. The van der Waals surface area contributed by atoms with Crippen molar-refractivity contribution in [3.05, 3.63) is 116 Å². The van der Waals surface area contributed by atoms with Gasteiger partial charge in [-0.25, -0.2) is 4.98 Å². The Morgan fingerprint density at radius 3 is 2.42 bits per heavy atom. The van der Waals surface area contributed by atoms with Crippen LogP contribution in [0, 0.1) is 13.8 Å². The van der Waals surface area contributed by atoms with Crippen molar-refractivity contribution in [2.45, 2.75) is 33.4 Å². The van der Waals surface area contributed by atoms with Gasteiger partial charge >= 0.3 is 5.91 Å². The average Bonchev–Trinajstić information content (AvgIpc) is 3.45. The van der Waals surface area contributed by atoms with Crippen molar-refractivity contribution in [2.24, 2.45) is 0 Å². The van der Waals surface area contributed by atoms with Crippen LogP contribution in [-0.2, 0) is 16.2 Å². The summed E-state index contributed by atoms with van der Waals surface area (Å²) in [6, 6.07) is 20.3. The van der Waals surface area contributed by atoms with Crippen LogP contribution in [0.5, 0.6) is 5.75 Å². The van der Waals surface area contributed by atoms with E-state index in [0.717, 1.165) is 22.5 Å². The van der Waals surface area contributed by atoms with Crippen molar-refractivity contribution in [3.63, 3.8) is 0 Å². The molecule has 7 nitrogen and oxygen atoms in total. The lowest BCUT2D eigenvalue weighted by Crippen LogP contribution is -2.29. The topological polar surface area (TPSA) is 96.8 Å². The molecule has 4 aromatic rings. The zero-order valence-corrected chi connectivity index (χ0v) is 23.5. The lowest BCUT2D eigenvalue weighted by Gasteiger charge is -2.23. The largest absolute Gasteiger partial charge is 0.507 e. The molecule has 1 saturated heterocycles. The Kier molecular flexibility index (Phi) is 7.56. The van der Waals surface area contributed by atoms with Gasteiger partial charge in [0.2, 0.25) is 0 Å². The molecular formula is C31H25ClN2O5S. The maximum absolute atomic E-state index is 13.4. The number of rotatable bonds is 7. The number of nitrogens with zero attached hydrogens (tertiary/aromatic N) is 2. The predicted octanol–water partition coefficient (Wildman–Crippen LogP) is 6.82. The van der Waals surface area contributed by atoms with Crippen molar-refractivity contribution >= 4 is 51.3 Å². The molecule has 1 unspecified atom stereocenters. The first kappa shape index (κ1) is 27.3. The highest BCUT2D eigenvalue weighted by Crippen LogP contribution is 2.44. The minimum absolute atomic E-state index is 0.0990.